The maximum atomic E-state index is 5.81. The molecule has 1 aliphatic heterocycles. The lowest BCUT2D eigenvalue weighted by molar-refractivity contribution is -0.0366. The third-order valence-electron chi connectivity index (χ3n) is 3.58. The van der Waals surface area contributed by atoms with E-state index in [2.05, 4.69) is 29.6 Å². The highest BCUT2D eigenvalue weighted by Gasteiger charge is 2.18. The van der Waals surface area contributed by atoms with E-state index in [9.17, 15) is 0 Å². The van der Waals surface area contributed by atoms with Gasteiger partial charge in [-0.3, -0.25) is 10.3 Å². The molecule has 0 radical (unpaired) electrons. The maximum Gasteiger partial charge on any atom is 0.150 e. The van der Waals surface area contributed by atoms with Crippen LogP contribution in [0.3, 0.4) is 0 Å². The number of fused-ring (bicyclic) bond motifs is 1. The van der Waals surface area contributed by atoms with Crippen molar-refractivity contribution in [3.63, 3.8) is 0 Å². The van der Waals surface area contributed by atoms with Gasteiger partial charge in [-0.05, 0) is 43.9 Å². The number of rotatable bonds is 3. The molecular formula is C14H19N3O2. The molecule has 1 saturated heterocycles. The molecule has 2 aromatic rings. The third-order valence-corrected chi connectivity index (χ3v) is 3.58. The molecule has 102 valence electrons. The molecule has 3 rings (SSSR count). The van der Waals surface area contributed by atoms with Crippen LogP contribution in [0.1, 0.15) is 31.1 Å². The van der Waals surface area contributed by atoms with Crippen LogP contribution in [-0.2, 0) is 9.57 Å². The first-order valence-corrected chi connectivity index (χ1v) is 6.68. The molecule has 1 atom stereocenters. The first-order valence-electron chi connectivity index (χ1n) is 6.68. The summed E-state index contributed by atoms with van der Waals surface area (Å²) in [5.74, 6) is 0. The van der Waals surface area contributed by atoms with Gasteiger partial charge in [0.05, 0.1) is 24.5 Å². The monoisotopic (exact) mass is 261 g/mol. The molecule has 1 aromatic heterocycles. The topological polar surface area (TPSA) is 48.3 Å². The smallest absolute Gasteiger partial charge is 0.150 e. The van der Waals surface area contributed by atoms with E-state index in [4.69, 9.17) is 9.57 Å². The van der Waals surface area contributed by atoms with E-state index >= 15 is 0 Å². The molecule has 2 heterocycles. The Morgan fingerprint density at radius 3 is 3.05 bits per heavy atom. The highest BCUT2D eigenvalue weighted by Crippen LogP contribution is 2.29. The van der Waals surface area contributed by atoms with Crippen molar-refractivity contribution < 1.29 is 9.57 Å². The number of anilines is 1. The van der Waals surface area contributed by atoms with Gasteiger partial charge in [0.2, 0.25) is 0 Å². The van der Waals surface area contributed by atoms with Gasteiger partial charge in [0, 0.05) is 12.0 Å². The Morgan fingerprint density at radius 2 is 2.32 bits per heavy atom. The molecule has 0 aliphatic carbocycles. The number of hydrogen-bond donors (Lipinski definition) is 1. The Morgan fingerprint density at radius 1 is 1.42 bits per heavy atom. The number of nitrogens with one attached hydrogen (secondary N) is 1. The van der Waals surface area contributed by atoms with Gasteiger partial charge in [-0.2, -0.15) is 5.10 Å². The minimum absolute atomic E-state index is 0.0758. The third kappa shape index (κ3) is 2.31. The molecule has 1 aromatic carbocycles. The molecular weight excluding hydrogens is 242 g/mol. The largest absolute Gasteiger partial charge is 0.356 e. The normalized spacial score (nSPS) is 19.8. The van der Waals surface area contributed by atoms with Gasteiger partial charge in [-0.1, -0.05) is 0 Å². The average molecular weight is 261 g/mol. The number of aryl methyl sites for hydroxylation is 1. The first-order chi connectivity index (χ1) is 9.29. The zero-order chi connectivity index (χ0) is 13.2. The van der Waals surface area contributed by atoms with Gasteiger partial charge >= 0.3 is 0 Å². The lowest BCUT2D eigenvalue weighted by Gasteiger charge is -2.23. The minimum Gasteiger partial charge on any atom is -0.356 e. The maximum absolute atomic E-state index is 5.81. The predicted octanol–water partition coefficient (Wildman–Crippen LogP) is 3.02. The fraction of sp³-hybridized carbons (Fsp3) is 0.500. The fourth-order valence-corrected chi connectivity index (χ4v) is 2.56. The van der Waals surface area contributed by atoms with Crippen LogP contribution in [-0.4, -0.2) is 23.5 Å². The van der Waals surface area contributed by atoms with Crippen molar-refractivity contribution in [2.45, 2.75) is 32.4 Å². The van der Waals surface area contributed by atoms with Crippen LogP contribution in [0.2, 0.25) is 0 Å². The number of aromatic nitrogens is 2. The van der Waals surface area contributed by atoms with Crippen molar-refractivity contribution in [2.24, 2.45) is 0 Å². The molecule has 0 bridgehead atoms. The molecule has 19 heavy (non-hydrogen) atoms. The fourth-order valence-electron chi connectivity index (χ4n) is 2.56. The Bertz CT molecular complexity index is 573. The second-order valence-electron chi connectivity index (χ2n) is 4.94. The highest BCUT2D eigenvalue weighted by molar-refractivity contribution is 5.84. The van der Waals surface area contributed by atoms with E-state index in [1.165, 1.54) is 6.42 Å². The van der Waals surface area contributed by atoms with E-state index in [1.54, 1.807) is 7.11 Å². The SMILES string of the molecule is CONc1cc2cnn(C3CCCCO3)c2cc1C. The Balaban J connectivity index is 2.00. The van der Waals surface area contributed by atoms with Crippen LogP contribution in [0.5, 0.6) is 0 Å². The summed E-state index contributed by atoms with van der Waals surface area (Å²) in [5.41, 5.74) is 6.11. The quantitative estimate of drug-likeness (QED) is 0.863. The highest BCUT2D eigenvalue weighted by atomic mass is 16.6. The molecule has 1 fully saturated rings. The van der Waals surface area contributed by atoms with E-state index < -0.39 is 0 Å². The summed E-state index contributed by atoms with van der Waals surface area (Å²) in [5, 5.41) is 5.58. The molecule has 1 unspecified atom stereocenters. The van der Waals surface area contributed by atoms with Crippen molar-refractivity contribution in [1.82, 2.24) is 9.78 Å². The van der Waals surface area contributed by atoms with Crippen LogP contribution in [0.4, 0.5) is 5.69 Å². The van der Waals surface area contributed by atoms with Crippen molar-refractivity contribution in [3.05, 3.63) is 23.9 Å². The first kappa shape index (κ1) is 12.4. The minimum atomic E-state index is 0.0758. The molecule has 5 nitrogen and oxygen atoms in total. The van der Waals surface area contributed by atoms with Gasteiger partial charge in [0.15, 0.2) is 6.23 Å². The van der Waals surface area contributed by atoms with E-state index in [0.29, 0.717) is 0 Å². The lowest BCUT2D eigenvalue weighted by atomic mass is 10.1. The van der Waals surface area contributed by atoms with Gasteiger partial charge < -0.3 is 4.74 Å². The summed E-state index contributed by atoms with van der Waals surface area (Å²) in [4.78, 5) is 4.98. The average Bonchev–Trinajstić information content (AvgIpc) is 2.83. The van der Waals surface area contributed by atoms with Crippen molar-refractivity contribution in [2.75, 3.05) is 19.2 Å². The summed E-state index contributed by atoms with van der Waals surface area (Å²) in [6.07, 6.45) is 5.35. The second-order valence-corrected chi connectivity index (χ2v) is 4.94. The van der Waals surface area contributed by atoms with Crippen molar-refractivity contribution in [1.29, 1.82) is 0 Å². The van der Waals surface area contributed by atoms with Gasteiger partial charge in [0.25, 0.3) is 0 Å². The number of hydrogen-bond acceptors (Lipinski definition) is 4. The predicted molar refractivity (Wildman–Crippen MR) is 73.9 cm³/mol. The summed E-state index contributed by atoms with van der Waals surface area (Å²) in [7, 11) is 1.61. The number of ether oxygens (including phenoxy) is 1. The summed E-state index contributed by atoms with van der Waals surface area (Å²) < 4.78 is 7.81. The van der Waals surface area contributed by atoms with Gasteiger partial charge in [-0.25, -0.2) is 4.68 Å². The molecule has 0 saturated carbocycles. The number of nitrogens with zero attached hydrogens (tertiary/aromatic N) is 2. The molecule has 0 amide bonds. The van der Waals surface area contributed by atoms with Crippen LogP contribution in [0, 0.1) is 6.92 Å². The van der Waals surface area contributed by atoms with Crippen LogP contribution < -0.4 is 5.48 Å². The zero-order valence-corrected chi connectivity index (χ0v) is 11.3. The summed E-state index contributed by atoms with van der Waals surface area (Å²) >= 11 is 0. The Kier molecular flexibility index (Phi) is 3.40. The zero-order valence-electron chi connectivity index (χ0n) is 11.3. The van der Waals surface area contributed by atoms with E-state index in [0.717, 1.165) is 41.6 Å². The molecule has 1 N–H and O–H groups in total. The second kappa shape index (κ2) is 5.19. The molecule has 1 aliphatic rings. The van der Waals surface area contributed by atoms with Crippen LogP contribution >= 0.6 is 0 Å². The van der Waals surface area contributed by atoms with Gasteiger partial charge in [-0.15, -0.1) is 0 Å². The molecule has 0 spiro atoms. The van der Waals surface area contributed by atoms with Crippen molar-refractivity contribution in [3.8, 4) is 0 Å². The summed E-state index contributed by atoms with van der Waals surface area (Å²) in [6.45, 7) is 2.88. The van der Waals surface area contributed by atoms with Crippen LogP contribution in [0.25, 0.3) is 10.9 Å². The van der Waals surface area contributed by atoms with Crippen LogP contribution in [0.15, 0.2) is 18.3 Å². The number of benzene rings is 1. The Hall–Kier alpha value is -1.59. The van der Waals surface area contributed by atoms with E-state index in [1.807, 2.05) is 10.9 Å². The standard InChI is InChI=1S/C14H19N3O2/c1-10-7-13-11(8-12(10)16-18-2)9-15-17(13)14-5-3-4-6-19-14/h7-9,14,16H,3-6H2,1-2H3. The molecule has 5 heteroatoms. The summed E-state index contributed by atoms with van der Waals surface area (Å²) in [6, 6.07) is 4.18. The van der Waals surface area contributed by atoms with Crippen molar-refractivity contribution >= 4 is 16.6 Å². The Labute approximate surface area is 112 Å². The lowest BCUT2D eigenvalue weighted by Crippen LogP contribution is -2.19. The van der Waals surface area contributed by atoms with Gasteiger partial charge in [0.1, 0.15) is 0 Å². The van der Waals surface area contributed by atoms with E-state index in [-0.39, 0.29) is 6.23 Å².